The fourth-order valence-electron chi connectivity index (χ4n) is 3.04. The molecule has 1 atom stereocenters. The summed E-state index contributed by atoms with van der Waals surface area (Å²) in [5.41, 5.74) is 3.29. The number of rotatable bonds is 8. The zero-order valence-electron chi connectivity index (χ0n) is 15.9. The lowest BCUT2D eigenvalue weighted by Gasteiger charge is -2.30. The number of hydrogen-bond donors (Lipinski definition) is 1. The first-order chi connectivity index (χ1) is 12.5. The van der Waals surface area contributed by atoms with E-state index < -0.39 is 6.04 Å². The van der Waals surface area contributed by atoms with Crippen LogP contribution in [-0.2, 0) is 22.4 Å². The zero-order chi connectivity index (χ0) is 18.9. The first-order valence-electron chi connectivity index (χ1n) is 9.15. The van der Waals surface area contributed by atoms with E-state index in [1.165, 1.54) is 5.56 Å². The fourth-order valence-corrected chi connectivity index (χ4v) is 3.04. The van der Waals surface area contributed by atoms with Gasteiger partial charge < -0.3 is 10.2 Å². The molecule has 0 heterocycles. The molecule has 2 aromatic rings. The Morgan fingerprint density at radius 3 is 2.23 bits per heavy atom. The molecule has 2 rings (SSSR count). The normalized spacial score (nSPS) is 11.7. The standard InChI is InChI=1S/C22H28N2O2/c1-4-20(22(26)23-3)24(15-14-18-8-6-5-7-9-18)21(25)16-19-12-10-17(2)11-13-19/h5-13,20H,4,14-16H2,1-3H3,(H,23,26). The Balaban J connectivity index is 2.16. The predicted molar refractivity (Wildman–Crippen MR) is 105 cm³/mol. The number of amides is 2. The minimum atomic E-state index is -0.443. The van der Waals surface area contributed by atoms with Crippen LogP contribution in [0.4, 0.5) is 0 Å². The summed E-state index contributed by atoms with van der Waals surface area (Å²) in [5.74, 6) is -0.127. The Labute approximate surface area is 156 Å². The number of nitrogens with one attached hydrogen (secondary N) is 1. The molecule has 0 aliphatic carbocycles. The lowest BCUT2D eigenvalue weighted by molar-refractivity contribution is -0.140. The summed E-state index contributed by atoms with van der Waals surface area (Å²) in [6.45, 7) is 4.49. The second-order valence-electron chi connectivity index (χ2n) is 6.52. The highest BCUT2D eigenvalue weighted by Gasteiger charge is 2.27. The van der Waals surface area contributed by atoms with Crippen LogP contribution in [0.5, 0.6) is 0 Å². The van der Waals surface area contributed by atoms with Crippen molar-refractivity contribution in [3.8, 4) is 0 Å². The zero-order valence-corrected chi connectivity index (χ0v) is 15.9. The van der Waals surface area contributed by atoms with Crippen LogP contribution in [0.25, 0.3) is 0 Å². The van der Waals surface area contributed by atoms with Crippen LogP contribution in [0.2, 0.25) is 0 Å². The van der Waals surface area contributed by atoms with Gasteiger partial charge in [-0.15, -0.1) is 0 Å². The van der Waals surface area contributed by atoms with Crippen LogP contribution in [-0.4, -0.2) is 36.3 Å². The van der Waals surface area contributed by atoms with Crippen molar-refractivity contribution < 1.29 is 9.59 Å². The summed E-state index contributed by atoms with van der Waals surface area (Å²) in [7, 11) is 1.62. The minimum Gasteiger partial charge on any atom is -0.357 e. The van der Waals surface area contributed by atoms with Gasteiger partial charge in [0.15, 0.2) is 0 Å². The molecule has 1 unspecified atom stereocenters. The van der Waals surface area contributed by atoms with E-state index in [-0.39, 0.29) is 11.8 Å². The molecule has 0 aromatic heterocycles. The molecular formula is C22H28N2O2. The van der Waals surface area contributed by atoms with E-state index in [0.29, 0.717) is 19.4 Å². The lowest BCUT2D eigenvalue weighted by Crippen LogP contribution is -2.49. The van der Waals surface area contributed by atoms with Gasteiger partial charge >= 0.3 is 0 Å². The topological polar surface area (TPSA) is 49.4 Å². The molecule has 0 fully saturated rings. The monoisotopic (exact) mass is 352 g/mol. The van der Waals surface area contributed by atoms with Gasteiger partial charge in [-0.25, -0.2) is 0 Å². The van der Waals surface area contributed by atoms with Gasteiger partial charge in [0, 0.05) is 13.6 Å². The highest BCUT2D eigenvalue weighted by atomic mass is 16.2. The van der Waals surface area contributed by atoms with Gasteiger partial charge in [-0.05, 0) is 30.9 Å². The van der Waals surface area contributed by atoms with Crippen molar-refractivity contribution in [2.45, 2.75) is 39.2 Å². The summed E-state index contributed by atoms with van der Waals surface area (Å²) < 4.78 is 0. The van der Waals surface area contributed by atoms with Gasteiger partial charge in [0.25, 0.3) is 0 Å². The van der Waals surface area contributed by atoms with Gasteiger partial charge in [0.1, 0.15) is 6.04 Å². The van der Waals surface area contributed by atoms with Crippen molar-refractivity contribution in [3.05, 3.63) is 71.3 Å². The van der Waals surface area contributed by atoms with Crippen LogP contribution in [0, 0.1) is 6.92 Å². The molecule has 0 bridgehead atoms. The predicted octanol–water partition coefficient (Wildman–Crippen LogP) is 3.13. The van der Waals surface area contributed by atoms with E-state index in [4.69, 9.17) is 0 Å². The molecule has 2 amide bonds. The first kappa shape index (κ1) is 19.7. The average Bonchev–Trinajstić information content (AvgIpc) is 2.67. The summed E-state index contributed by atoms with van der Waals surface area (Å²) in [6.07, 6.45) is 1.63. The van der Waals surface area contributed by atoms with Crippen LogP contribution >= 0.6 is 0 Å². The lowest BCUT2D eigenvalue weighted by atomic mass is 10.1. The van der Waals surface area contributed by atoms with E-state index in [0.717, 1.165) is 17.5 Å². The molecule has 26 heavy (non-hydrogen) atoms. The van der Waals surface area contributed by atoms with Crippen molar-refractivity contribution in [2.75, 3.05) is 13.6 Å². The average molecular weight is 352 g/mol. The molecule has 0 spiro atoms. The molecule has 1 N–H and O–H groups in total. The highest BCUT2D eigenvalue weighted by Crippen LogP contribution is 2.12. The number of aryl methyl sites for hydroxylation is 1. The highest BCUT2D eigenvalue weighted by molar-refractivity contribution is 5.88. The van der Waals surface area contributed by atoms with E-state index in [9.17, 15) is 9.59 Å². The largest absolute Gasteiger partial charge is 0.357 e. The number of benzene rings is 2. The van der Waals surface area contributed by atoms with Crippen LogP contribution in [0.15, 0.2) is 54.6 Å². The third-order valence-corrected chi connectivity index (χ3v) is 4.59. The number of nitrogens with zero attached hydrogens (tertiary/aromatic N) is 1. The Morgan fingerprint density at radius 1 is 1.00 bits per heavy atom. The van der Waals surface area contributed by atoms with E-state index in [1.807, 2.05) is 68.4 Å². The quantitative estimate of drug-likeness (QED) is 0.793. The van der Waals surface area contributed by atoms with Crippen molar-refractivity contribution in [2.24, 2.45) is 0 Å². The molecule has 4 heteroatoms. The number of likely N-dealkylation sites (N-methyl/N-ethyl adjacent to an activating group) is 1. The molecule has 2 aromatic carbocycles. The van der Waals surface area contributed by atoms with Crippen LogP contribution in [0.1, 0.15) is 30.0 Å². The Bertz CT molecular complexity index is 711. The van der Waals surface area contributed by atoms with Gasteiger partial charge in [0.05, 0.1) is 6.42 Å². The van der Waals surface area contributed by atoms with Gasteiger partial charge in [-0.3, -0.25) is 9.59 Å². The summed E-state index contributed by atoms with van der Waals surface area (Å²) in [6, 6.07) is 17.6. The maximum Gasteiger partial charge on any atom is 0.242 e. The molecule has 0 radical (unpaired) electrons. The Morgan fingerprint density at radius 2 is 1.65 bits per heavy atom. The molecule has 0 aliphatic rings. The molecule has 4 nitrogen and oxygen atoms in total. The van der Waals surface area contributed by atoms with Crippen molar-refractivity contribution in [3.63, 3.8) is 0 Å². The smallest absolute Gasteiger partial charge is 0.242 e. The number of hydrogen-bond acceptors (Lipinski definition) is 2. The molecule has 0 aliphatic heterocycles. The van der Waals surface area contributed by atoms with E-state index in [2.05, 4.69) is 5.32 Å². The van der Waals surface area contributed by atoms with Crippen LogP contribution in [0.3, 0.4) is 0 Å². The summed E-state index contributed by atoms with van der Waals surface area (Å²) in [5, 5.41) is 2.69. The third-order valence-electron chi connectivity index (χ3n) is 4.59. The first-order valence-corrected chi connectivity index (χ1v) is 9.15. The van der Waals surface area contributed by atoms with Gasteiger partial charge in [-0.2, -0.15) is 0 Å². The maximum atomic E-state index is 13.0. The fraction of sp³-hybridized carbons (Fsp3) is 0.364. The van der Waals surface area contributed by atoms with E-state index in [1.54, 1.807) is 11.9 Å². The molecule has 138 valence electrons. The second kappa shape index (κ2) is 9.76. The second-order valence-corrected chi connectivity index (χ2v) is 6.52. The van der Waals surface area contributed by atoms with Gasteiger partial charge in [0.2, 0.25) is 11.8 Å². The number of carbonyl (C=O) groups excluding carboxylic acids is 2. The SMILES string of the molecule is CCC(C(=O)NC)N(CCc1ccccc1)C(=O)Cc1ccc(C)cc1. The van der Waals surface area contributed by atoms with Gasteiger partial charge in [-0.1, -0.05) is 67.1 Å². The maximum absolute atomic E-state index is 13.0. The molecule has 0 saturated carbocycles. The summed E-state index contributed by atoms with van der Waals surface area (Å²) >= 11 is 0. The Kier molecular flexibility index (Phi) is 7.39. The minimum absolute atomic E-state index is 0.0137. The van der Waals surface area contributed by atoms with E-state index >= 15 is 0 Å². The molecular weight excluding hydrogens is 324 g/mol. The third kappa shape index (κ3) is 5.45. The number of carbonyl (C=O) groups is 2. The van der Waals surface area contributed by atoms with Crippen molar-refractivity contribution in [1.82, 2.24) is 10.2 Å². The molecule has 0 saturated heterocycles. The Hall–Kier alpha value is -2.62. The van der Waals surface area contributed by atoms with Crippen LogP contribution < -0.4 is 5.32 Å². The summed E-state index contributed by atoms with van der Waals surface area (Å²) in [4.78, 5) is 27.0. The van der Waals surface area contributed by atoms with Crippen molar-refractivity contribution >= 4 is 11.8 Å². The van der Waals surface area contributed by atoms with Crippen molar-refractivity contribution in [1.29, 1.82) is 0 Å².